The van der Waals surface area contributed by atoms with Crippen LogP contribution < -0.4 is 10.1 Å². The molecule has 2 rings (SSSR count). The largest absolute Gasteiger partial charge is 0.496 e. The third kappa shape index (κ3) is 3.77. The van der Waals surface area contributed by atoms with Crippen LogP contribution in [-0.4, -0.2) is 13.2 Å². The van der Waals surface area contributed by atoms with Gasteiger partial charge in [-0.15, -0.1) is 0 Å². The molecule has 0 aromatic heterocycles. The summed E-state index contributed by atoms with van der Waals surface area (Å²) < 4.78 is 5.41. The summed E-state index contributed by atoms with van der Waals surface area (Å²) in [6.45, 7) is 6.45. The van der Waals surface area contributed by atoms with Crippen LogP contribution in [0.15, 0.2) is 42.5 Å². The van der Waals surface area contributed by atoms with E-state index in [1.807, 2.05) is 12.1 Å². The van der Waals surface area contributed by atoms with Crippen molar-refractivity contribution in [3.8, 4) is 5.75 Å². The smallest absolute Gasteiger partial charge is 0.122 e. The average molecular weight is 269 g/mol. The third-order valence-corrected chi connectivity index (χ3v) is 3.35. The molecule has 0 saturated carbocycles. The summed E-state index contributed by atoms with van der Waals surface area (Å²) in [7, 11) is 1.72. The summed E-state index contributed by atoms with van der Waals surface area (Å²) in [4.78, 5) is 0. The molecule has 0 radical (unpaired) electrons. The molecule has 2 aromatic rings. The first kappa shape index (κ1) is 14.4. The Morgan fingerprint density at radius 2 is 1.70 bits per heavy atom. The van der Waals surface area contributed by atoms with Crippen molar-refractivity contribution in [2.24, 2.45) is 0 Å². The number of anilines is 1. The van der Waals surface area contributed by atoms with E-state index in [1.54, 1.807) is 7.11 Å². The topological polar surface area (TPSA) is 21.3 Å². The van der Waals surface area contributed by atoms with Crippen LogP contribution in [0.4, 0.5) is 5.69 Å². The van der Waals surface area contributed by atoms with Gasteiger partial charge < -0.3 is 10.1 Å². The molecule has 1 N–H and O–H groups in total. The summed E-state index contributed by atoms with van der Waals surface area (Å²) >= 11 is 0. The average Bonchev–Trinajstić information content (AvgIpc) is 2.37. The number of nitrogens with one attached hydrogen (secondary N) is 1. The van der Waals surface area contributed by atoms with E-state index in [0.717, 1.165) is 12.2 Å². The number of hydrogen-bond donors (Lipinski definition) is 1. The Kier molecular flexibility index (Phi) is 4.67. The van der Waals surface area contributed by atoms with Crippen molar-refractivity contribution in [1.29, 1.82) is 0 Å². The maximum Gasteiger partial charge on any atom is 0.122 e. The predicted molar refractivity (Wildman–Crippen MR) is 85.7 cm³/mol. The highest BCUT2D eigenvalue weighted by Gasteiger charge is 2.08. The van der Waals surface area contributed by atoms with Crippen molar-refractivity contribution in [2.75, 3.05) is 12.4 Å². The van der Waals surface area contributed by atoms with Crippen molar-refractivity contribution in [2.45, 2.75) is 33.2 Å². The minimum Gasteiger partial charge on any atom is -0.496 e. The van der Waals surface area contributed by atoms with Gasteiger partial charge >= 0.3 is 0 Å². The second kappa shape index (κ2) is 6.47. The minimum atomic E-state index is 0.354. The van der Waals surface area contributed by atoms with Gasteiger partial charge in [0.25, 0.3) is 0 Å². The predicted octanol–water partition coefficient (Wildman–Crippen LogP) is 4.36. The zero-order valence-corrected chi connectivity index (χ0v) is 12.7. The highest BCUT2D eigenvalue weighted by molar-refractivity contribution is 5.49. The molecule has 2 heteroatoms. The van der Waals surface area contributed by atoms with Crippen molar-refractivity contribution in [3.63, 3.8) is 0 Å². The fourth-order valence-corrected chi connectivity index (χ4v) is 2.60. The molecule has 0 amide bonds. The van der Waals surface area contributed by atoms with Gasteiger partial charge in [0.1, 0.15) is 5.75 Å². The molecular formula is C18H23NO. The van der Waals surface area contributed by atoms with Gasteiger partial charge in [-0.3, -0.25) is 0 Å². The zero-order valence-electron chi connectivity index (χ0n) is 12.7. The van der Waals surface area contributed by atoms with Crippen LogP contribution >= 0.6 is 0 Å². The van der Waals surface area contributed by atoms with Gasteiger partial charge in [0.2, 0.25) is 0 Å². The van der Waals surface area contributed by atoms with E-state index >= 15 is 0 Å². The Bertz CT molecular complexity index is 557. The van der Waals surface area contributed by atoms with Gasteiger partial charge in [0.05, 0.1) is 7.11 Å². The Labute approximate surface area is 121 Å². The quantitative estimate of drug-likeness (QED) is 0.871. The highest BCUT2D eigenvalue weighted by atomic mass is 16.5. The Hall–Kier alpha value is -1.96. The molecule has 2 nitrogen and oxygen atoms in total. The van der Waals surface area contributed by atoms with Crippen LogP contribution in [0.1, 0.15) is 23.6 Å². The Morgan fingerprint density at radius 3 is 2.35 bits per heavy atom. The number of para-hydroxylation sites is 1. The number of benzene rings is 2. The first-order chi connectivity index (χ1) is 9.58. The number of aryl methyl sites for hydroxylation is 2. The molecule has 0 saturated heterocycles. The second-order valence-corrected chi connectivity index (χ2v) is 5.44. The standard InChI is InChI=1S/C18H23NO/c1-13-9-14(2)11-17(10-13)19-15(3)12-16-7-5-6-8-18(16)20-4/h5-11,15,19H,12H2,1-4H3. The first-order valence-electron chi connectivity index (χ1n) is 7.05. The van der Waals surface area contributed by atoms with Crippen LogP contribution in [-0.2, 0) is 6.42 Å². The Balaban J connectivity index is 2.07. The fourth-order valence-electron chi connectivity index (χ4n) is 2.60. The Morgan fingerprint density at radius 1 is 1.05 bits per heavy atom. The van der Waals surface area contributed by atoms with E-state index in [1.165, 1.54) is 22.4 Å². The maximum absolute atomic E-state index is 5.41. The third-order valence-electron chi connectivity index (χ3n) is 3.35. The molecule has 0 aliphatic rings. The SMILES string of the molecule is COc1ccccc1CC(C)Nc1cc(C)cc(C)c1. The van der Waals surface area contributed by atoms with Gasteiger partial charge in [-0.1, -0.05) is 24.3 Å². The molecule has 20 heavy (non-hydrogen) atoms. The second-order valence-electron chi connectivity index (χ2n) is 5.44. The summed E-state index contributed by atoms with van der Waals surface area (Å²) in [6, 6.07) is 15.1. The zero-order chi connectivity index (χ0) is 14.5. The van der Waals surface area contributed by atoms with E-state index in [-0.39, 0.29) is 0 Å². The van der Waals surface area contributed by atoms with Gasteiger partial charge in [-0.05, 0) is 62.1 Å². The molecule has 0 heterocycles. The monoisotopic (exact) mass is 269 g/mol. The summed E-state index contributed by atoms with van der Waals surface area (Å²) in [6.07, 6.45) is 0.941. The maximum atomic E-state index is 5.41. The normalized spacial score (nSPS) is 12.0. The molecular weight excluding hydrogens is 246 g/mol. The lowest BCUT2D eigenvalue weighted by Gasteiger charge is -2.18. The summed E-state index contributed by atoms with van der Waals surface area (Å²) in [5, 5.41) is 3.57. The van der Waals surface area contributed by atoms with Crippen molar-refractivity contribution in [1.82, 2.24) is 0 Å². The van der Waals surface area contributed by atoms with E-state index in [2.05, 4.69) is 56.4 Å². The number of ether oxygens (including phenoxy) is 1. The van der Waals surface area contributed by atoms with Crippen LogP contribution in [0, 0.1) is 13.8 Å². The molecule has 1 unspecified atom stereocenters. The summed E-state index contributed by atoms with van der Waals surface area (Å²) in [5.74, 6) is 0.960. The van der Waals surface area contributed by atoms with Gasteiger partial charge in [-0.25, -0.2) is 0 Å². The minimum absolute atomic E-state index is 0.354. The van der Waals surface area contributed by atoms with Crippen LogP contribution in [0.3, 0.4) is 0 Å². The number of hydrogen-bond acceptors (Lipinski definition) is 2. The molecule has 1 atom stereocenters. The van der Waals surface area contributed by atoms with Crippen molar-refractivity contribution in [3.05, 3.63) is 59.2 Å². The first-order valence-corrected chi connectivity index (χ1v) is 7.05. The van der Waals surface area contributed by atoms with E-state index in [9.17, 15) is 0 Å². The molecule has 0 bridgehead atoms. The van der Waals surface area contributed by atoms with E-state index in [4.69, 9.17) is 4.74 Å². The van der Waals surface area contributed by atoms with E-state index in [0.29, 0.717) is 6.04 Å². The lowest BCUT2D eigenvalue weighted by atomic mass is 10.0. The number of rotatable bonds is 5. The molecule has 0 spiro atoms. The van der Waals surface area contributed by atoms with Crippen LogP contribution in [0.2, 0.25) is 0 Å². The molecule has 2 aromatic carbocycles. The van der Waals surface area contributed by atoms with E-state index < -0.39 is 0 Å². The molecule has 106 valence electrons. The van der Waals surface area contributed by atoms with Crippen LogP contribution in [0.25, 0.3) is 0 Å². The highest BCUT2D eigenvalue weighted by Crippen LogP contribution is 2.21. The van der Waals surface area contributed by atoms with Gasteiger partial charge in [0.15, 0.2) is 0 Å². The molecule has 0 fully saturated rings. The van der Waals surface area contributed by atoms with Gasteiger partial charge in [-0.2, -0.15) is 0 Å². The lowest BCUT2D eigenvalue weighted by Crippen LogP contribution is -2.18. The summed E-state index contributed by atoms with van der Waals surface area (Å²) in [5.41, 5.74) is 5.00. The number of methoxy groups -OCH3 is 1. The van der Waals surface area contributed by atoms with Crippen LogP contribution in [0.5, 0.6) is 5.75 Å². The molecule has 0 aliphatic carbocycles. The molecule has 0 aliphatic heterocycles. The lowest BCUT2D eigenvalue weighted by molar-refractivity contribution is 0.409. The van der Waals surface area contributed by atoms with Gasteiger partial charge in [0, 0.05) is 11.7 Å². The fraction of sp³-hybridized carbons (Fsp3) is 0.333. The van der Waals surface area contributed by atoms with Crippen molar-refractivity contribution < 1.29 is 4.74 Å². The van der Waals surface area contributed by atoms with Crippen molar-refractivity contribution >= 4 is 5.69 Å².